The van der Waals surface area contributed by atoms with Crippen molar-refractivity contribution in [2.24, 2.45) is 5.92 Å². The van der Waals surface area contributed by atoms with Crippen LogP contribution in [0.4, 0.5) is 0 Å². The summed E-state index contributed by atoms with van der Waals surface area (Å²) in [6.07, 6.45) is 0.832. The highest BCUT2D eigenvalue weighted by Crippen LogP contribution is 2.20. The molecule has 0 fully saturated rings. The summed E-state index contributed by atoms with van der Waals surface area (Å²) < 4.78 is 2.34. The van der Waals surface area contributed by atoms with Gasteiger partial charge in [-0.3, -0.25) is 0 Å². The van der Waals surface area contributed by atoms with Crippen LogP contribution in [0.15, 0.2) is 48.5 Å². The van der Waals surface area contributed by atoms with Crippen molar-refractivity contribution in [1.29, 1.82) is 0 Å². The Morgan fingerprint density at radius 2 is 1.76 bits per heavy atom. The second kappa shape index (κ2) is 5.90. The van der Waals surface area contributed by atoms with Gasteiger partial charge in [0.05, 0.1) is 11.0 Å². The Morgan fingerprint density at radius 3 is 2.48 bits per heavy atom. The van der Waals surface area contributed by atoms with Gasteiger partial charge in [0.15, 0.2) is 0 Å². The molecule has 1 heterocycles. The maximum Gasteiger partial charge on any atom is 0.114 e. The Balaban J connectivity index is 2.02. The molecule has 2 aromatic carbocycles. The molecule has 0 spiro atoms. The summed E-state index contributed by atoms with van der Waals surface area (Å²) in [6, 6.07) is 16.4. The Labute approximate surface area is 130 Å². The van der Waals surface area contributed by atoms with E-state index < -0.39 is 0 Å². The Morgan fingerprint density at radius 1 is 1.05 bits per heavy atom. The van der Waals surface area contributed by atoms with Gasteiger partial charge in [0, 0.05) is 18.0 Å². The molecular formula is C18H19ClN2. The molecular weight excluding hydrogens is 280 g/mol. The molecule has 0 saturated heterocycles. The van der Waals surface area contributed by atoms with Gasteiger partial charge < -0.3 is 4.57 Å². The van der Waals surface area contributed by atoms with Gasteiger partial charge in [-0.15, -0.1) is 0 Å². The molecule has 0 amide bonds. The highest BCUT2D eigenvalue weighted by molar-refractivity contribution is 6.30. The summed E-state index contributed by atoms with van der Waals surface area (Å²) in [5, 5.41) is 0.773. The first kappa shape index (κ1) is 14.2. The number of rotatable bonds is 4. The van der Waals surface area contributed by atoms with Crippen LogP contribution in [0.1, 0.15) is 25.2 Å². The second-order valence-electron chi connectivity index (χ2n) is 5.82. The zero-order chi connectivity index (χ0) is 14.8. The van der Waals surface area contributed by atoms with E-state index in [-0.39, 0.29) is 0 Å². The van der Waals surface area contributed by atoms with Crippen LogP contribution < -0.4 is 0 Å². The number of aromatic nitrogens is 2. The van der Waals surface area contributed by atoms with Crippen molar-refractivity contribution in [2.45, 2.75) is 26.8 Å². The molecule has 0 aliphatic carbocycles. The van der Waals surface area contributed by atoms with E-state index in [2.05, 4.69) is 48.7 Å². The molecule has 3 rings (SSSR count). The fraction of sp³-hybridized carbons (Fsp3) is 0.278. The number of para-hydroxylation sites is 2. The van der Waals surface area contributed by atoms with Crippen molar-refractivity contribution in [3.05, 3.63) is 64.9 Å². The molecule has 3 heteroatoms. The summed E-state index contributed by atoms with van der Waals surface area (Å²) in [5.41, 5.74) is 3.52. The third-order valence-corrected chi connectivity index (χ3v) is 3.81. The van der Waals surface area contributed by atoms with E-state index in [1.54, 1.807) is 0 Å². The minimum absolute atomic E-state index is 0.589. The van der Waals surface area contributed by atoms with E-state index in [9.17, 15) is 0 Å². The number of fused-ring (bicyclic) bond motifs is 1. The summed E-state index contributed by atoms with van der Waals surface area (Å²) in [4.78, 5) is 4.81. The SMILES string of the molecule is CC(C)Cn1c(Cc2ccc(Cl)cc2)nc2ccccc21. The van der Waals surface area contributed by atoms with Gasteiger partial charge in [-0.05, 0) is 35.7 Å². The zero-order valence-corrected chi connectivity index (χ0v) is 13.1. The molecule has 108 valence electrons. The highest BCUT2D eigenvalue weighted by Gasteiger charge is 2.12. The topological polar surface area (TPSA) is 17.8 Å². The van der Waals surface area contributed by atoms with E-state index in [4.69, 9.17) is 16.6 Å². The summed E-state index contributed by atoms with van der Waals surface area (Å²) >= 11 is 5.96. The number of hydrogen-bond acceptors (Lipinski definition) is 1. The van der Waals surface area contributed by atoms with Crippen molar-refractivity contribution in [3.63, 3.8) is 0 Å². The normalized spacial score (nSPS) is 11.4. The van der Waals surface area contributed by atoms with Crippen LogP contribution in [-0.2, 0) is 13.0 Å². The second-order valence-corrected chi connectivity index (χ2v) is 6.26. The standard InChI is InChI=1S/C18H19ClN2/c1-13(2)12-21-17-6-4-3-5-16(17)20-18(21)11-14-7-9-15(19)10-8-14/h3-10,13H,11-12H2,1-2H3. The molecule has 21 heavy (non-hydrogen) atoms. The molecule has 0 bridgehead atoms. The van der Waals surface area contributed by atoms with Crippen molar-refractivity contribution >= 4 is 22.6 Å². The quantitative estimate of drug-likeness (QED) is 0.667. The minimum Gasteiger partial charge on any atom is -0.327 e. The van der Waals surface area contributed by atoms with Crippen LogP contribution in [0.25, 0.3) is 11.0 Å². The third kappa shape index (κ3) is 3.11. The van der Waals surface area contributed by atoms with Gasteiger partial charge in [-0.2, -0.15) is 0 Å². The summed E-state index contributed by atoms with van der Waals surface area (Å²) in [6.45, 7) is 5.46. The van der Waals surface area contributed by atoms with Gasteiger partial charge in [0.1, 0.15) is 5.82 Å². The number of hydrogen-bond donors (Lipinski definition) is 0. The zero-order valence-electron chi connectivity index (χ0n) is 12.4. The maximum atomic E-state index is 5.96. The van der Waals surface area contributed by atoms with Crippen molar-refractivity contribution in [1.82, 2.24) is 9.55 Å². The van der Waals surface area contributed by atoms with E-state index >= 15 is 0 Å². The number of benzene rings is 2. The van der Waals surface area contributed by atoms with Crippen LogP contribution >= 0.6 is 11.6 Å². The average molecular weight is 299 g/mol. The molecule has 2 nitrogen and oxygen atoms in total. The van der Waals surface area contributed by atoms with Gasteiger partial charge >= 0.3 is 0 Å². The first-order valence-electron chi connectivity index (χ1n) is 7.32. The molecule has 1 aromatic heterocycles. The monoisotopic (exact) mass is 298 g/mol. The van der Waals surface area contributed by atoms with Crippen LogP contribution in [0.3, 0.4) is 0 Å². The first-order valence-corrected chi connectivity index (χ1v) is 7.70. The van der Waals surface area contributed by atoms with Gasteiger partial charge in [-0.25, -0.2) is 4.98 Å². The van der Waals surface area contributed by atoms with Crippen LogP contribution in [0, 0.1) is 5.92 Å². The number of halogens is 1. The summed E-state index contributed by atoms with van der Waals surface area (Å²) in [7, 11) is 0. The maximum absolute atomic E-state index is 5.96. The molecule has 0 saturated carbocycles. The van der Waals surface area contributed by atoms with E-state index in [1.165, 1.54) is 11.1 Å². The van der Waals surface area contributed by atoms with Crippen LogP contribution in [-0.4, -0.2) is 9.55 Å². The lowest BCUT2D eigenvalue weighted by Gasteiger charge is -2.12. The smallest absolute Gasteiger partial charge is 0.114 e. The molecule has 0 aliphatic heterocycles. The minimum atomic E-state index is 0.589. The number of nitrogens with zero attached hydrogens (tertiary/aromatic N) is 2. The average Bonchev–Trinajstić information content (AvgIpc) is 2.79. The van der Waals surface area contributed by atoms with Crippen molar-refractivity contribution in [3.8, 4) is 0 Å². The van der Waals surface area contributed by atoms with Crippen molar-refractivity contribution in [2.75, 3.05) is 0 Å². The Kier molecular flexibility index (Phi) is 3.98. The van der Waals surface area contributed by atoms with Gasteiger partial charge in [0.2, 0.25) is 0 Å². The lowest BCUT2D eigenvalue weighted by atomic mass is 10.1. The third-order valence-electron chi connectivity index (χ3n) is 3.56. The molecule has 0 unspecified atom stereocenters. The predicted octanol–water partition coefficient (Wildman–Crippen LogP) is 4.94. The van der Waals surface area contributed by atoms with Crippen LogP contribution in [0.5, 0.6) is 0 Å². The van der Waals surface area contributed by atoms with Gasteiger partial charge in [0.25, 0.3) is 0 Å². The van der Waals surface area contributed by atoms with Crippen LogP contribution in [0.2, 0.25) is 5.02 Å². The lowest BCUT2D eigenvalue weighted by Crippen LogP contribution is -2.09. The fourth-order valence-electron chi connectivity index (χ4n) is 2.61. The highest BCUT2D eigenvalue weighted by atomic mass is 35.5. The molecule has 0 N–H and O–H groups in total. The molecule has 3 aromatic rings. The Hall–Kier alpha value is -1.80. The summed E-state index contributed by atoms with van der Waals surface area (Å²) in [5.74, 6) is 1.71. The lowest BCUT2D eigenvalue weighted by molar-refractivity contribution is 0.520. The molecule has 0 atom stereocenters. The Bertz CT molecular complexity index is 742. The van der Waals surface area contributed by atoms with Gasteiger partial charge in [-0.1, -0.05) is 49.7 Å². The molecule has 0 radical (unpaired) electrons. The van der Waals surface area contributed by atoms with E-state index in [0.29, 0.717) is 5.92 Å². The largest absolute Gasteiger partial charge is 0.327 e. The van der Waals surface area contributed by atoms with E-state index in [1.807, 2.05) is 18.2 Å². The van der Waals surface area contributed by atoms with E-state index in [0.717, 1.165) is 29.3 Å². The predicted molar refractivity (Wildman–Crippen MR) is 88.8 cm³/mol. The fourth-order valence-corrected chi connectivity index (χ4v) is 2.74. The van der Waals surface area contributed by atoms with Crippen molar-refractivity contribution < 1.29 is 0 Å². The number of imidazole rings is 1. The molecule has 0 aliphatic rings. The first-order chi connectivity index (χ1) is 10.1.